The van der Waals surface area contributed by atoms with Crippen molar-refractivity contribution in [2.75, 3.05) is 19.1 Å². The standard InChI is InChI=1S/C17H16F4N2O2S/c1-23(15-8-7-13(9-14(15)18)26-17(19,20)21)16(24)22-10-11-3-5-12(25-2)6-4-11/h3-9H,10H2,1-2H3,(H,22,24). The summed E-state index contributed by atoms with van der Waals surface area (Å²) in [6.07, 6.45) is 0. The quantitative estimate of drug-likeness (QED) is 0.591. The molecule has 2 aromatic carbocycles. The van der Waals surface area contributed by atoms with Gasteiger partial charge in [-0.05, 0) is 47.7 Å². The lowest BCUT2D eigenvalue weighted by Crippen LogP contribution is -2.37. The van der Waals surface area contributed by atoms with E-state index >= 15 is 0 Å². The van der Waals surface area contributed by atoms with Crippen LogP contribution in [0, 0.1) is 5.82 Å². The van der Waals surface area contributed by atoms with E-state index in [0.717, 1.165) is 28.7 Å². The fourth-order valence-corrected chi connectivity index (χ4v) is 2.67. The SMILES string of the molecule is COc1ccc(CNC(=O)N(C)c2ccc(SC(F)(F)F)cc2F)cc1. The molecule has 0 atom stereocenters. The fraction of sp³-hybridized carbons (Fsp3) is 0.235. The van der Waals surface area contributed by atoms with Gasteiger partial charge in [0.25, 0.3) is 0 Å². The van der Waals surface area contributed by atoms with E-state index < -0.39 is 29.1 Å². The van der Waals surface area contributed by atoms with Gasteiger partial charge in [-0.15, -0.1) is 0 Å². The average Bonchev–Trinajstić information content (AvgIpc) is 2.58. The van der Waals surface area contributed by atoms with Crippen molar-refractivity contribution in [2.24, 2.45) is 0 Å². The smallest absolute Gasteiger partial charge is 0.446 e. The molecular formula is C17H16F4N2O2S. The van der Waals surface area contributed by atoms with E-state index in [1.165, 1.54) is 7.05 Å². The predicted molar refractivity (Wildman–Crippen MR) is 91.9 cm³/mol. The lowest BCUT2D eigenvalue weighted by atomic mass is 10.2. The molecule has 0 heterocycles. The van der Waals surface area contributed by atoms with Gasteiger partial charge in [0.05, 0.1) is 12.8 Å². The van der Waals surface area contributed by atoms with Crippen LogP contribution in [-0.4, -0.2) is 25.7 Å². The highest BCUT2D eigenvalue weighted by Crippen LogP contribution is 2.38. The molecule has 0 aliphatic carbocycles. The molecule has 1 N–H and O–H groups in total. The van der Waals surface area contributed by atoms with Crippen LogP contribution < -0.4 is 15.0 Å². The zero-order chi connectivity index (χ0) is 19.3. The van der Waals surface area contributed by atoms with Gasteiger partial charge in [-0.1, -0.05) is 12.1 Å². The van der Waals surface area contributed by atoms with Crippen molar-refractivity contribution in [3.05, 3.63) is 53.8 Å². The van der Waals surface area contributed by atoms with Crippen LogP contribution in [0.5, 0.6) is 5.75 Å². The maximum atomic E-state index is 14.1. The normalized spacial score (nSPS) is 11.2. The third kappa shape index (κ3) is 5.55. The largest absolute Gasteiger partial charge is 0.497 e. The molecule has 0 bridgehead atoms. The Balaban J connectivity index is 2.00. The van der Waals surface area contributed by atoms with Gasteiger partial charge in [-0.3, -0.25) is 4.90 Å². The summed E-state index contributed by atoms with van der Waals surface area (Å²) >= 11 is -0.415. The Morgan fingerprint density at radius 1 is 1.19 bits per heavy atom. The molecule has 0 fully saturated rings. The second-order valence-electron chi connectivity index (χ2n) is 5.23. The topological polar surface area (TPSA) is 41.6 Å². The minimum atomic E-state index is -4.50. The molecule has 0 saturated carbocycles. The number of halogens is 4. The molecule has 2 amide bonds. The zero-order valence-electron chi connectivity index (χ0n) is 13.9. The Hall–Kier alpha value is -2.42. The van der Waals surface area contributed by atoms with E-state index in [2.05, 4.69) is 5.32 Å². The first-order valence-corrected chi connectivity index (χ1v) is 8.21. The number of rotatable bonds is 5. The molecule has 0 aliphatic rings. The highest BCUT2D eigenvalue weighted by molar-refractivity contribution is 8.00. The Morgan fingerprint density at radius 2 is 1.85 bits per heavy atom. The summed E-state index contributed by atoms with van der Waals surface area (Å²) < 4.78 is 56.1. The van der Waals surface area contributed by atoms with E-state index in [9.17, 15) is 22.4 Å². The number of ether oxygens (including phenoxy) is 1. The number of anilines is 1. The number of carbonyl (C=O) groups is 1. The number of thioether (sulfide) groups is 1. The van der Waals surface area contributed by atoms with Crippen LogP contribution in [0.25, 0.3) is 0 Å². The maximum Gasteiger partial charge on any atom is 0.446 e. The third-order valence-corrected chi connectivity index (χ3v) is 4.14. The Morgan fingerprint density at radius 3 is 2.38 bits per heavy atom. The van der Waals surface area contributed by atoms with Crippen LogP contribution in [0.2, 0.25) is 0 Å². The second-order valence-corrected chi connectivity index (χ2v) is 6.37. The van der Waals surface area contributed by atoms with Gasteiger partial charge in [0.1, 0.15) is 11.6 Å². The van der Waals surface area contributed by atoms with Gasteiger partial charge in [-0.25, -0.2) is 9.18 Å². The summed E-state index contributed by atoms with van der Waals surface area (Å²) in [6.45, 7) is 0.205. The molecule has 0 radical (unpaired) electrons. The molecule has 140 valence electrons. The van der Waals surface area contributed by atoms with Gasteiger partial charge in [0.15, 0.2) is 0 Å². The van der Waals surface area contributed by atoms with Gasteiger partial charge in [0.2, 0.25) is 0 Å². The number of methoxy groups -OCH3 is 1. The molecule has 2 aromatic rings. The number of hydrogen-bond donors (Lipinski definition) is 1. The summed E-state index contributed by atoms with van der Waals surface area (Å²) in [4.78, 5) is 12.9. The van der Waals surface area contributed by atoms with Crippen LogP contribution in [0.3, 0.4) is 0 Å². The molecule has 9 heteroatoms. The molecule has 0 unspecified atom stereocenters. The lowest BCUT2D eigenvalue weighted by Gasteiger charge is -2.19. The Bertz CT molecular complexity index is 766. The van der Waals surface area contributed by atoms with E-state index in [4.69, 9.17) is 4.74 Å². The van der Waals surface area contributed by atoms with Crippen LogP contribution in [0.1, 0.15) is 5.56 Å². The number of benzene rings is 2. The molecule has 26 heavy (non-hydrogen) atoms. The van der Waals surface area contributed by atoms with Crippen molar-refractivity contribution >= 4 is 23.5 Å². The van der Waals surface area contributed by atoms with E-state index in [1.807, 2.05) is 0 Å². The monoisotopic (exact) mass is 388 g/mol. The predicted octanol–water partition coefficient (Wildman–Crippen LogP) is 4.79. The average molecular weight is 388 g/mol. The first-order valence-electron chi connectivity index (χ1n) is 7.39. The molecule has 0 saturated heterocycles. The summed E-state index contributed by atoms with van der Waals surface area (Å²) in [5.74, 6) is -0.238. The fourth-order valence-electron chi connectivity index (χ4n) is 2.11. The van der Waals surface area contributed by atoms with E-state index in [1.54, 1.807) is 31.4 Å². The van der Waals surface area contributed by atoms with Crippen molar-refractivity contribution in [3.63, 3.8) is 0 Å². The van der Waals surface area contributed by atoms with Crippen molar-refractivity contribution in [3.8, 4) is 5.75 Å². The van der Waals surface area contributed by atoms with Crippen LogP contribution in [0.4, 0.5) is 28.0 Å². The number of alkyl halides is 3. The maximum absolute atomic E-state index is 14.1. The number of nitrogens with one attached hydrogen (secondary N) is 1. The zero-order valence-corrected chi connectivity index (χ0v) is 14.7. The van der Waals surface area contributed by atoms with Gasteiger partial charge in [-0.2, -0.15) is 13.2 Å². The van der Waals surface area contributed by atoms with Crippen LogP contribution >= 0.6 is 11.8 Å². The molecule has 0 aromatic heterocycles. The second kappa shape index (κ2) is 8.31. The highest BCUT2D eigenvalue weighted by atomic mass is 32.2. The first-order chi connectivity index (χ1) is 12.2. The van der Waals surface area contributed by atoms with E-state index in [0.29, 0.717) is 5.75 Å². The molecule has 0 aliphatic heterocycles. The summed E-state index contributed by atoms with van der Waals surface area (Å²) in [5.41, 5.74) is -3.82. The van der Waals surface area contributed by atoms with Crippen LogP contribution in [-0.2, 0) is 6.54 Å². The van der Waals surface area contributed by atoms with Crippen molar-refractivity contribution in [1.82, 2.24) is 5.32 Å². The highest BCUT2D eigenvalue weighted by Gasteiger charge is 2.29. The molecule has 4 nitrogen and oxygen atoms in total. The molecule has 0 spiro atoms. The number of hydrogen-bond acceptors (Lipinski definition) is 3. The molecular weight excluding hydrogens is 372 g/mol. The Labute approximate surface area is 152 Å². The van der Waals surface area contributed by atoms with E-state index in [-0.39, 0.29) is 17.1 Å². The summed E-state index contributed by atoms with van der Waals surface area (Å²) in [5, 5.41) is 2.61. The van der Waals surface area contributed by atoms with Gasteiger partial charge in [0, 0.05) is 18.5 Å². The minimum Gasteiger partial charge on any atom is -0.497 e. The number of urea groups is 1. The first kappa shape index (κ1) is 19.9. The van der Waals surface area contributed by atoms with Gasteiger partial charge < -0.3 is 10.1 Å². The molecule has 2 rings (SSSR count). The number of carbonyl (C=O) groups excluding carboxylic acids is 1. The minimum absolute atomic E-state index is 0.122. The number of amides is 2. The number of nitrogens with zero attached hydrogens (tertiary/aromatic N) is 1. The van der Waals surface area contributed by atoms with Crippen molar-refractivity contribution in [2.45, 2.75) is 16.9 Å². The van der Waals surface area contributed by atoms with Gasteiger partial charge >= 0.3 is 11.5 Å². The summed E-state index contributed by atoms with van der Waals surface area (Å²) in [6, 6.07) is 9.42. The third-order valence-electron chi connectivity index (χ3n) is 3.42. The Kier molecular flexibility index (Phi) is 6.36. The lowest BCUT2D eigenvalue weighted by molar-refractivity contribution is -0.0328. The van der Waals surface area contributed by atoms with Crippen molar-refractivity contribution < 1.29 is 27.1 Å². The van der Waals surface area contributed by atoms with Crippen molar-refractivity contribution in [1.29, 1.82) is 0 Å². The van der Waals surface area contributed by atoms with Crippen LogP contribution in [0.15, 0.2) is 47.4 Å². The summed E-state index contributed by atoms with van der Waals surface area (Å²) in [7, 11) is 2.87.